The predicted molar refractivity (Wildman–Crippen MR) is 60.7 cm³/mol. The number of hydrogen-bond acceptors (Lipinski definition) is 3. The van der Waals surface area contributed by atoms with E-state index in [2.05, 4.69) is 0 Å². The van der Waals surface area contributed by atoms with E-state index in [1.807, 2.05) is 27.7 Å². The number of carbonyl (C=O) groups excluding carboxylic acids is 1. The quantitative estimate of drug-likeness (QED) is 0.521. The molecular formula is C12H22O3. The molecule has 0 aliphatic carbocycles. The van der Waals surface area contributed by atoms with Crippen LogP contribution in [0.5, 0.6) is 0 Å². The van der Waals surface area contributed by atoms with Crippen molar-refractivity contribution in [3.05, 3.63) is 11.6 Å². The zero-order chi connectivity index (χ0) is 11.9. The van der Waals surface area contributed by atoms with E-state index >= 15 is 0 Å². The van der Waals surface area contributed by atoms with Crippen LogP contribution in [0, 0.1) is 0 Å². The molecule has 0 N–H and O–H groups in total. The minimum atomic E-state index is -0.272. The first-order valence-electron chi connectivity index (χ1n) is 5.33. The highest BCUT2D eigenvalue weighted by atomic mass is 16.5. The Morgan fingerprint density at radius 1 is 1.33 bits per heavy atom. The second kappa shape index (κ2) is 6.62. The molecule has 0 aromatic heterocycles. The van der Waals surface area contributed by atoms with Gasteiger partial charge in [-0.3, -0.25) is 0 Å². The Kier molecular flexibility index (Phi) is 6.25. The molecule has 0 heterocycles. The van der Waals surface area contributed by atoms with E-state index in [0.29, 0.717) is 13.2 Å². The van der Waals surface area contributed by atoms with Gasteiger partial charge in [-0.15, -0.1) is 0 Å². The molecule has 0 radical (unpaired) electrons. The highest BCUT2D eigenvalue weighted by Gasteiger charge is 2.09. The molecule has 3 heteroatoms. The average Bonchev–Trinajstić information content (AvgIpc) is 2.01. The van der Waals surface area contributed by atoms with Gasteiger partial charge < -0.3 is 9.47 Å². The lowest BCUT2D eigenvalue weighted by Gasteiger charge is -2.19. The molecular weight excluding hydrogens is 192 g/mol. The Hall–Kier alpha value is -0.830. The summed E-state index contributed by atoms with van der Waals surface area (Å²) in [6.45, 7) is 10.8. The standard InChI is InChI=1S/C12H22O3/c1-6-14-11(13)9-10(2)7-8-15-12(3,4)5/h9H,6-8H2,1-5H3. The molecule has 0 fully saturated rings. The van der Waals surface area contributed by atoms with Crippen LogP contribution in [-0.4, -0.2) is 24.8 Å². The van der Waals surface area contributed by atoms with Gasteiger partial charge in [0.1, 0.15) is 0 Å². The van der Waals surface area contributed by atoms with Crippen molar-refractivity contribution >= 4 is 5.97 Å². The van der Waals surface area contributed by atoms with Crippen molar-refractivity contribution in [3.63, 3.8) is 0 Å². The summed E-state index contributed by atoms with van der Waals surface area (Å²) < 4.78 is 10.4. The summed E-state index contributed by atoms with van der Waals surface area (Å²) >= 11 is 0. The maximum absolute atomic E-state index is 11.1. The number of esters is 1. The molecule has 15 heavy (non-hydrogen) atoms. The normalized spacial score (nSPS) is 12.7. The van der Waals surface area contributed by atoms with Gasteiger partial charge in [-0.1, -0.05) is 5.57 Å². The van der Waals surface area contributed by atoms with Gasteiger partial charge in [0.15, 0.2) is 0 Å². The summed E-state index contributed by atoms with van der Waals surface area (Å²) in [5.41, 5.74) is 0.863. The molecule has 0 aliphatic heterocycles. The number of rotatable bonds is 5. The Morgan fingerprint density at radius 2 is 1.93 bits per heavy atom. The van der Waals surface area contributed by atoms with Gasteiger partial charge >= 0.3 is 5.97 Å². The molecule has 0 amide bonds. The van der Waals surface area contributed by atoms with Crippen molar-refractivity contribution < 1.29 is 14.3 Å². The van der Waals surface area contributed by atoms with Crippen molar-refractivity contribution in [2.45, 2.75) is 46.6 Å². The molecule has 0 atom stereocenters. The molecule has 0 saturated heterocycles. The number of ether oxygens (including phenoxy) is 2. The second-order valence-electron chi connectivity index (χ2n) is 4.45. The van der Waals surface area contributed by atoms with Crippen molar-refractivity contribution in [2.75, 3.05) is 13.2 Å². The third-order valence-corrected chi connectivity index (χ3v) is 1.68. The fourth-order valence-corrected chi connectivity index (χ4v) is 0.975. The molecule has 3 nitrogen and oxygen atoms in total. The lowest BCUT2D eigenvalue weighted by molar-refractivity contribution is -0.137. The summed E-state index contributed by atoms with van der Waals surface area (Å²) in [6.07, 6.45) is 2.28. The van der Waals surface area contributed by atoms with Crippen LogP contribution < -0.4 is 0 Å². The van der Waals surface area contributed by atoms with Crippen molar-refractivity contribution in [3.8, 4) is 0 Å². The van der Waals surface area contributed by atoms with Gasteiger partial charge in [-0.05, 0) is 41.0 Å². The molecule has 0 saturated carbocycles. The zero-order valence-electron chi connectivity index (χ0n) is 10.4. The smallest absolute Gasteiger partial charge is 0.330 e. The second-order valence-corrected chi connectivity index (χ2v) is 4.45. The first-order valence-corrected chi connectivity index (χ1v) is 5.33. The summed E-state index contributed by atoms with van der Waals surface area (Å²) in [5, 5.41) is 0. The molecule has 0 unspecified atom stereocenters. The topological polar surface area (TPSA) is 35.5 Å². The molecule has 0 rings (SSSR count). The van der Waals surface area contributed by atoms with E-state index in [0.717, 1.165) is 12.0 Å². The Balaban J connectivity index is 3.83. The summed E-state index contributed by atoms with van der Waals surface area (Å²) in [4.78, 5) is 11.1. The first kappa shape index (κ1) is 14.2. The van der Waals surface area contributed by atoms with Gasteiger partial charge in [0, 0.05) is 6.08 Å². The fourth-order valence-electron chi connectivity index (χ4n) is 0.975. The number of carbonyl (C=O) groups is 1. The maximum atomic E-state index is 11.1. The monoisotopic (exact) mass is 214 g/mol. The van der Waals surface area contributed by atoms with Gasteiger partial charge in [-0.2, -0.15) is 0 Å². The van der Waals surface area contributed by atoms with Crippen LogP contribution in [-0.2, 0) is 14.3 Å². The molecule has 0 bridgehead atoms. The Bertz CT molecular complexity index is 224. The lowest BCUT2D eigenvalue weighted by atomic mass is 10.2. The summed E-state index contributed by atoms with van der Waals surface area (Å²) in [6, 6.07) is 0. The van der Waals surface area contributed by atoms with Crippen molar-refractivity contribution in [1.82, 2.24) is 0 Å². The van der Waals surface area contributed by atoms with Crippen LogP contribution in [0.3, 0.4) is 0 Å². The van der Waals surface area contributed by atoms with E-state index < -0.39 is 0 Å². The van der Waals surface area contributed by atoms with Crippen LogP contribution in [0.4, 0.5) is 0 Å². The highest BCUT2D eigenvalue weighted by molar-refractivity contribution is 5.82. The molecule has 88 valence electrons. The zero-order valence-corrected chi connectivity index (χ0v) is 10.4. The van der Waals surface area contributed by atoms with E-state index in [4.69, 9.17) is 9.47 Å². The third-order valence-electron chi connectivity index (χ3n) is 1.68. The van der Waals surface area contributed by atoms with E-state index in [1.54, 1.807) is 6.92 Å². The van der Waals surface area contributed by atoms with Crippen molar-refractivity contribution in [2.24, 2.45) is 0 Å². The molecule has 0 aromatic carbocycles. The van der Waals surface area contributed by atoms with E-state index in [9.17, 15) is 4.79 Å². The average molecular weight is 214 g/mol. The summed E-state index contributed by atoms with van der Waals surface area (Å²) in [5.74, 6) is -0.272. The van der Waals surface area contributed by atoms with Crippen LogP contribution in [0.25, 0.3) is 0 Å². The van der Waals surface area contributed by atoms with Crippen LogP contribution >= 0.6 is 0 Å². The summed E-state index contributed by atoms with van der Waals surface area (Å²) in [7, 11) is 0. The molecule has 0 spiro atoms. The number of hydrogen-bond donors (Lipinski definition) is 0. The van der Waals surface area contributed by atoms with Gasteiger partial charge in [0.2, 0.25) is 0 Å². The highest BCUT2D eigenvalue weighted by Crippen LogP contribution is 2.09. The van der Waals surface area contributed by atoms with Crippen LogP contribution in [0.15, 0.2) is 11.6 Å². The lowest BCUT2D eigenvalue weighted by Crippen LogP contribution is -2.19. The molecule has 0 aliphatic rings. The van der Waals surface area contributed by atoms with Gasteiger partial charge in [0.05, 0.1) is 18.8 Å². The maximum Gasteiger partial charge on any atom is 0.330 e. The minimum absolute atomic E-state index is 0.121. The van der Waals surface area contributed by atoms with Crippen LogP contribution in [0.2, 0.25) is 0 Å². The van der Waals surface area contributed by atoms with Gasteiger partial charge in [-0.25, -0.2) is 4.79 Å². The Labute approximate surface area is 92.5 Å². The largest absolute Gasteiger partial charge is 0.463 e. The first-order chi connectivity index (χ1) is 6.85. The SMILES string of the molecule is CCOC(=O)C=C(C)CCOC(C)(C)C. The predicted octanol–water partition coefficient (Wildman–Crippen LogP) is 2.70. The van der Waals surface area contributed by atoms with E-state index in [1.165, 1.54) is 6.08 Å². The van der Waals surface area contributed by atoms with Gasteiger partial charge in [0.25, 0.3) is 0 Å². The fraction of sp³-hybridized carbons (Fsp3) is 0.750. The van der Waals surface area contributed by atoms with Crippen LogP contribution in [0.1, 0.15) is 41.0 Å². The third kappa shape index (κ3) is 9.47. The minimum Gasteiger partial charge on any atom is -0.463 e. The Morgan fingerprint density at radius 3 is 2.40 bits per heavy atom. The molecule has 0 aromatic rings. The van der Waals surface area contributed by atoms with Crippen molar-refractivity contribution in [1.29, 1.82) is 0 Å². The van der Waals surface area contributed by atoms with E-state index in [-0.39, 0.29) is 11.6 Å².